The van der Waals surface area contributed by atoms with Gasteiger partial charge in [0.05, 0.1) is 58.5 Å². The minimum absolute atomic E-state index is 0.0207. The van der Waals surface area contributed by atoms with Crippen LogP contribution in [0.25, 0.3) is 27.5 Å². The molecule has 2 N–H and O–H groups in total. The number of aryl methyl sites for hydroxylation is 2. The molecule has 2 heterocycles. The van der Waals surface area contributed by atoms with E-state index in [1.807, 2.05) is 0 Å². The number of fused-ring (bicyclic) bond motifs is 2. The van der Waals surface area contributed by atoms with Crippen molar-refractivity contribution in [3.63, 3.8) is 0 Å². The number of nitrogens with zero attached hydrogens (tertiary/aromatic N) is 5. The van der Waals surface area contributed by atoms with E-state index in [1.165, 1.54) is 28.5 Å². The first-order valence-corrected chi connectivity index (χ1v) is 17.6. The first-order chi connectivity index (χ1) is 24.2. The third kappa shape index (κ3) is 6.94. The van der Waals surface area contributed by atoms with E-state index in [2.05, 4.69) is 10.4 Å². The maximum atomic E-state index is 14.6. The van der Waals surface area contributed by atoms with Crippen molar-refractivity contribution in [3.8, 4) is 11.4 Å². The van der Waals surface area contributed by atoms with Gasteiger partial charge in [-0.3, -0.25) is 14.0 Å². The molecule has 6 rings (SSSR count). The minimum atomic E-state index is -3.97. The molecule has 12 nitrogen and oxygen atoms in total. The van der Waals surface area contributed by atoms with Crippen molar-refractivity contribution in [2.24, 2.45) is 7.05 Å². The number of benzene rings is 4. The molecule has 0 saturated heterocycles. The normalized spacial score (nSPS) is 12.3. The van der Waals surface area contributed by atoms with Crippen LogP contribution in [-0.4, -0.2) is 52.3 Å². The maximum Gasteiger partial charge on any atom is 0.405 e. The number of halogens is 3. The van der Waals surface area contributed by atoms with Gasteiger partial charge in [0.2, 0.25) is 10.0 Å². The Morgan fingerprint density at radius 1 is 1.04 bits per heavy atom. The van der Waals surface area contributed by atoms with Gasteiger partial charge in [0.1, 0.15) is 23.2 Å². The van der Waals surface area contributed by atoms with Crippen molar-refractivity contribution in [2.75, 3.05) is 17.7 Å². The minimum Gasteiger partial charge on any atom is -0.497 e. The molecule has 16 heteroatoms. The Morgan fingerprint density at radius 2 is 1.73 bits per heavy atom. The van der Waals surface area contributed by atoms with Crippen molar-refractivity contribution in [3.05, 3.63) is 122 Å². The van der Waals surface area contributed by atoms with Crippen LogP contribution in [0.1, 0.15) is 28.6 Å². The van der Waals surface area contributed by atoms with E-state index in [4.69, 9.17) is 21.3 Å². The van der Waals surface area contributed by atoms with Crippen LogP contribution in [0, 0.1) is 18.6 Å². The lowest BCUT2D eigenvalue weighted by molar-refractivity contribution is 0.189. The lowest BCUT2D eigenvalue weighted by Gasteiger charge is -2.23. The number of rotatable bonds is 10. The van der Waals surface area contributed by atoms with E-state index in [-0.39, 0.29) is 62.7 Å². The molecular formula is C35H31ClF2N6O6S. The Kier molecular flexibility index (Phi) is 9.44. The third-order valence-corrected chi connectivity index (χ3v) is 9.78. The molecule has 0 radical (unpaired) electrons. The van der Waals surface area contributed by atoms with Gasteiger partial charge in [-0.1, -0.05) is 35.9 Å². The highest BCUT2D eigenvalue weighted by atomic mass is 35.5. The molecule has 6 aromatic rings. The summed E-state index contributed by atoms with van der Waals surface area (Å²) in [6.07, 6.45) is -0.736. The van der Waals surface area contributed by atoms with E-state index in [0.717, 1.165) is 22.7 Å². The second-order valence-electron chi connectivity index (χ2n) is 11.9. The van der Waals surface area contributed by atoms with Crippen LogP contribution in [-0.2, 0) is 30.0 Å². The van der Waals surface area contributed by atoms with Crippen LogP contribution in [0.3, 0.4) is 0 Å². The Morgan fingerprint density at radius 3 is 2.35 bits per heavy atom. The summed E-state index contributed by atoms with van der Waals surface area (Å²) in [4.78, 5) is 31.5. The van der Waals surface area contributed by atoms with Gasteiger partial charge in [-0.25, -0.2) is 31.3 Å². The molecule has 0 spiro atoms. The van der Waals surface area contributed by atoms with E-state index in [9.17, 15) is 31.9 Å². The molecule has 0 bridgehead atoms. The molecule has 1 amide bonds. The van der Waals surface area contributed by atoms with E-state index in [1.54, 1.807) is 56.4 Å². The van der Waals surface area contributed by atoms with Gasteiger partial charge in [0.25, 0.3) is 5.56 Å². The van der Waals surface area contributed by atoms with Gasteiger partial charge < -0.3 is 15.2 Å². The smallest absolute Gasteiger partial charge is 0.405 e. The monoisotopic (exact) mass is 736 g/mol. The largest absolute Gasteiger partial charge is 0.497 e. The number of sulfonamides is 1. The Hall–Kier alpha value is -5.54. The lowest BCUT2D eigenvalue weighted by Crippen LogP contribution is -2.35. The summed E-state index contributed by atoms with van der Waals surface area (Å²) in [5, 5.41) is 17.4. The van der Waals surface area contributed by atoms with Crippen molar-refractivity contribution < 1.29 is 31.8 Å². The molecule has 1 atom stereocenters. The molecular weight excluding hydrogens is 706 g/mol. The van der Waals surface area contributed by atoms with Crippen LogP contribution in [0.5, 0.6) is 5.75 Å². The summed E-state index contributed by atoms with van der Waals surface area (Å²) in [6, 6.07) is 16.3. The average molecular weight is 737 g/mol. The fourth-order valence-electron chi connectivity index (χ4n) is 6.14. The van der Waals surface area contributed by atoms with Gasteiger partial charge in [0.15, 0.2) is 5.82 Å². The predicted octanol–water partition coefficient (Wildman–Crippen LogP) is 6.04. The SMILES string of the molecule is COc1ccc(CN(c2nn(C)c3c(-n4c(C(Cc5cc(F)cc(F)c5)NC(=O)O)nc5cccc(C)c5c4=O)ccc(Cl)c23)S(C)(=O)=O)cc1. The third-order valence-electron chi connectivity index (χ3n) is 8.36. The Balaban J connectivity index is 1.63. The fourth-order valence-corrected chi connectivity index (χ4v) is 7.20. The average Bonchev–Trinajstić information content (AvgIpc) is 3.40. The van der Waals surface area contributed by atoms with Crippen LogP contribution >= 0.6 is 11.6 Å². The van der Waals surface area contributed by atoms with Crippen molar-refractivity contribution in [1.82, 2.24) is 24.6 Å². The first-order valence-electron chi connectivity index (χ1n) is 15.4. The number of amides is 1. The summed E-state index contributed by atoms with van der Waals surface area (Å²) in [7, 11) is -0.910. The number of carboxylic acid groups (broad SMARTS) is 1. The maximum absolute atomic E-state index is 14.6. The number of methoxy groups -OCH3 is 1. The molecule has 0 aliphatic rings. The Labute approximate surface area is 295 Å². The van der Waals surface area contributed by atoms with Gasteiger partial charge in [-0.05, 0) is 66.1 Å². The molecule has 0 fully saturated rings. The summed E-state index contributed by atoms with van der Waals surface area (Å²) >= 11 is 6.78. The van der Waals surface area contributed by atoms with E-state index < -0.39 is 39.4 Å². The van der Waals surface area contributed by atoms with Crippen LogP contribution in [0.4, 0.5) is 19.4 Å². The highest BCUT2D eigenvalue weighted by molar-refractivity contribution is 7.92. The number of hydrogen-bond donors (Lipinski definition) is 2. The molecule has 0 aliphatic heterocycles. The van der Waals surface area contributed by atoms with E-state index >= 15 is 0 Å². The fraction of sp³-hybridized carbons (Fsp3) is 0.200. The Bertz CT molecular complexity index is 2490. The molecule has 2 aromatic heterocycles. The van der Waals surface area contributed by atoms with Crippen molar-refractivity contribution >= 4 is 55.3 Å². The summed E-state index contributed by atoms with van der Waals surface area (Å²) < 4.78 is 64.0. The zero-order valence-corrected chi connectivity index (χ0v) is 29.3. The lowest BCUT2D eigenvalue weighted by atomic mass is 10.0. The number of ether oxygens (including phenoxy) is 1. The summed E-state index contributed by atoms with van der Waals surface area (Å²) in [5.41, 5.74) is 1.35. The second-order valence-corrected chi connectivity index (χ2v) is 14.2. The molecule has 264 valence electrons. The molecule has 4 aromatic carbocycles. The van der Waals surface area contributed by atoms with Gasteiger partial charge >= 0.3 is 6.09 Å². The van der Waals surface area contributed by atoms with Crippen molar-refractivity contribution in [2.45, 2.75) is 25.9 Å². The highest BCUT2D eigenvalue weighted by Gasteiger charge is 2.30. The molecule has 51 heavy (non-hydrogen) atoms. The highest BCUT2D eigenvalue weighted by Crippen LogP contribution is 2.38. The number of carbonyl (C=O) groups is 1. The molecule has 0 aliphatic carbocycles. The van der Waals surface area contributed by atoms with Crippen LogP contribution < -0.4 is 19.9 Å². The molecule has 1 unspecified atom stereocenters. The van der Waals surface area contributed by atoms with Gasteiger partial charge in [-0.15, -0.1) is 0 Å². The number of anilines is 1. The van der Waals surface area contributed by atoms with Gasteiger partial charge in [0, 0.05) is 19.5 Å². The standard InChI is InChI=1S/C35H31ClF2N6O6S/c1-19-6-5-7-26-29(19)34(45)44(32(39-26)27(40-35(46)47)16-21-14-22(37)17-23(38)15-21)28-13-12-25(36)30-31(28)42(2)41-33(30)43(51(4,48)49)18-20-8-10-24(50-3)11-9-20/h5-15,17,27,40H,16,18H2,1-4H3,(H,46,47). The van der Waals surface area contributed by atoms with Crippen LogP contribution in [0.2, 0.25) is 5.02 Å². The quantitative estimate of drug-likeness (QED) is 0.173. The van der Waals surface area contributed by atoms with Crippen molar-refractivity contribution in [1.29, 1.82) is 0 Å². The first kappa shape index (κ1) is 35.3. The topological polar surface area (TPSA) is 149 Å². The summed E-state index contributed by atoms with van der Waals surface area (Å²) in [6.45, 7) is 1.60. The number of hydrogen-bond acceptors (Lipinski definition) is 7. The second kappa shape index (κ2) is 13.6. The zero-order valence-electron chi connectivity index (χ0n) is 27.7. The van der Waals surface area contributed by atoms with Crippen LogP contribution in [0.15, 0.2) is 77.6 Å². The number of aromatic nitrogens is 4. The predicted molar refractivity (Wildman–Crippen MR) is 189 cm³/mol. The summed E-state index contributed by atoms with van der Waals surface area (Å²) in [5.74, 6) is -1.28. The molecule has 0 saturated carbocycles. The van der Waals surface area contributed by atoms with E-state index in [0.29, 0.717) is 22.9 Å². The number of nitrogens with one attached hydrogen (secondary N) is 1. The van der Waals surface area contributed by atoms with Gasteiger partial charge in [-0.2, -0.15) is 5.10 Å². The zero-order chi connectivity index (χ0) is 36.8.